The van der Waals surface area contributed by atoms with Gasteiger partial charge in [-0.1, -0.05) is 0 Å². The Morgan fingerprint density at radius 1 is 1.30 bits per heavy atom. The fourth-order valence-electron chi connectivity index (χ4n) is 2.64. The SMILES string of the molecule is CN1C(=O)C(NC(=O)OC(C)(C)C)COc2ccc(C(=O)NCCS(C)(=O)=O)cc21. The third kappa shape index (κ3) is 6.61. The summed E-state index contributed by atoms with van der Waals surface area (Å²) in [6, 6.07) is 3.55. The average Bonchev–Trinajstić information content (AvgIpc) is 2.71. The van der Waals surface area contributed by atoms with Crippen LogP contribution in [0.25, 0.3) is 0 Å². The number of nitrogens with zero attached hydrogens (tertiary/aromatic N) is 1. The summed E-state index contributed by atoms with van der Waals surface area (Å²) in [6.07, 6.45) is 0.344. The highest BCUT2D eigenvalue weighted by molar-refractivity contribution is 7.90. The number of benzene rings is 1. The van der Waals surface area contributed by atoms with Crippen molar-refractivity contribution in [2.24, 2.45) is 0 Å². The maximum atomic E-state index is 12.8. The summed E-state index contributed by atoms with van der Waals surface area (Å²) < 4.78 is 33.2. The molecule has 1 aromatic carbocycles. The second kappa shape index (κ2) is 8.90. The molecule has 1 aliphatic heterocycles. The third-order valence-corrected chi connectivity index (χ3v) is 5.01. The molecule has 0 aromatic heterocycles. The van der Waals surface area contributed by atoms with Crippen molar-refractivity contribution >= 4 is 33.4 Å². The minimum atomic E-state index is -3.20. The van der Waals surface area contributed by atoms with Gasteiger partial charge in [0.15, 0.2) is 0 Å². The average molecular weight is 442 g/mol. The number of carbonyl (C=O) groups excluding carboxylic acids is 3. The molecule has 1 aliphatic rings. The molecule has 0 fully saturated rings. The number of nitrogens with one attached hydrogen (secondary N) is 2. The summed E-state index contributed by atoms with van der Waals surface area (Å²) in [5.41, 5.74) is -0.124. The molecule has 0 saturated heterocycles. The van der Waals surface area contributed by atoms with Crippen LogP contribution in [0.1, 0.15) is 31.1 Å². The van der Waals surface area contributed by atoms with E-state index in [1.165, 1.54) is 24.1 Å². The van der Waals surface area contributed by atoms with Crippen LogP contribution in [-0.2, 0) is 19.4 Å². The zero-order valence-corrected chi connectivity index (χ0v) is 18.5. The molecule has 0 bridgehead atoms. The number of anilines is 1. The second-order valence-corrected chi connectivity index (χ2v) is 10.2. The van der Waals surface area contributed by atoms with Gasteiger partial charge < -0.3 is 25.0 Å². The predicted molar refractivity (Wildman–Crippen MR) is 111 cm³/mol. The van der Waals surface area contributed by atoms with Gasteiger partial charge in [0, 0.05) is 25.4 Å². The molecule has 0 radical (unpaired) electrons. The molecule has 0 saturated carbocycles. The largest absolute Gasteiger partial charge is 0.489 e. The number of hydrogen-bond donors (Lipinski definition) is 2. The standard InChI is InChI=1S/C19H27N3O7S/c1-19(2,3)29-18(25)21-13-11-28-15-7-6-12(10-14(15)22(4)17(13)24)16(23)20-8-9-30(5,26)27/h6-7,10,13H,8-9,11H2,1-5H3,(H,20,23)(H,21,25). The minimum Gasteiger partial charge on any atom is -0.489 e. The Kier molecular flexibility index (Phi) is 6.96. The molecule has 0 spiro atoms. The minimum absolute atomic E-state index is 0.0259. The maximum Gasteiger partial charge on any atom is 0.408 e. The Morgan fingerprint density at radius 3 is 2.57 bits per heavy atom. The number of likely N-dealkylation sites (N-methyl/N-ethyl adjacent to an activating group) is 1. The summed E-state index contributed by atoms with van der Waals surface area (Å²) in [7, 11) is -1.69. The molecule has 0 aliphatic carbocycles. The molecular weight excluding hydrogens is 414 g/mol. The van der Waals surface area contributed by atoms with Crippen LogP contribution in [0.5, 0.6) is 5.75 Å². The molecule has 1 atom stereocenters. The lowest BCUT2D eigenvalue weighted by Gasteiger charge is -2.23. The van der Waals surface area contributed by atoms with E-state index in [1.807, 2.05) is 0 Å². The molecule has 11 heteroatoms. The van der Waals surface area contributed by atoms with Crippen molar-refractivity contribution in [2.75, 3.05) is 37.1 Å². The predicted octanol–water partition coefficient (Wildman–Crippen LogP) is 0.710. The van der Waals surface area contributed by atoms with Gasteiger partial charge in [-0.25, -0.2) is 13.2 Å². The number of ether oxygens (including phenoxy) is 2. The number of amides is 3. The number of sulfone groups is 1. The van der Waals surface area contributed by atoms with Gasteiger partial charge in [-0.3, -0.25) is 9.59 Å². The van der Waals surface area contributed by atoms with Gasteiger partial charge in [0.1, 0.15) is 33.8 Å². The first kappa shape index (κ1) is 23.5. The summed E-state index contributed by atoms with van der Waals surface area (Å²) in [4.78, 5) is 38.4. The van der Waals surface area contributed by atoms with Crippen LogP contribution in [0.2, 0.25) is 0 Å². The summed E-state index contributed by atoms with van der Waals surface area (Å²) in [6.45, 7) is 5.00. The maximum absolute atomic E-state index is 12.8. The van der Waals surface area contributed by atoms with Crippen LogP contribution in [0.15, 0.2) is 18.2 Å². The Bertz CT molecular complexity index is 938. The first-order chi connectivity index (χ1) is 13.8. The molecule has 1 aromatic rings. The zero-order valence-electron chi connectivity index (χ0n) is 17.6. The van der Waals surface area contributed by atoms with Crippen LogP contribution in [0.3, 0.4) is 0 Å². The highest BCUT2D eigenvalue weighted by atomic mass is 32.2. The van der Waals surface area contributed by atoms with Crippen molar-refractivity contribution in [3.8, 4) is 5.75 Å². The van der Waals surface area contributed by atoms with Crippen LogP contribution < -0.4 is 20.3 Å². The van der Waals surface area contributed by atoms with E-state index in [1.54, 1.807) is 26.8 Å². The quantitative estimate of drug-likeness (QED) is 0.688. The normalized spacial score (nSPS) is 16.8. The monoisotopic (exact) mass is 441 g/mol. The highest BCUT2D eigenvalue weighted by Gasteiger charge is 2.32. The van der Waals surface area contributed by atoms with E-state index in [-0.39, 0.29) is 24.5 Å². The van der Waals surface area contributed by atoms with Gasteiger partial charge in [0.2, 0.25) is 0 Å². The van der Waals surface area contributed by atoms with Gasteiger partial charge in [-0.2, -0.15) is 0 Å². The van der Waals surface area contributed by atoms with E-state index in [0.29, 0.717) is 11.4 Å². The van der Waals surface area contributed by atoms with Crippen molar-refractivity contribution in [3.05, 3.63) is 23.8 Å². The lowest BCUT2D eigenvalue weighted by molar-refractivity contribution is -0.120. The molecule has 166 valence electrons. The molecule has 2 rings (SSSR count). The molecule has 1 unspecified atom stereocenters. The molecule has 3 amide bonds. The number of fused-ring (bicyclic) bond motifs is 1. The number of rotatable bonds is 5. The molecule has 1 heterocycles. The highest BCUT2D eigenvalue weighted by Crippen LogP contribution is 2.31. The molecule has 10 nitrogen and oxygen atoms in total. The van der Waals surface area contributed by atoms with E-state index in [9.17, 15) is 22.8 Å². The van der Waals surface area contributed by atoms with Gasteiger partial charge in [0.25, 0.3) is 11.8 Å². The van der Waals surface area contributed by atoms with Crippen molar-refractivity contribution in [1.29, 1.82) is 0 Å². The van der Waals surface area contributed by atoms with Gasteiger partial charge in [-0.05, 0) is 39.0 Å². The van der Waals surface area contributed by atoms with Crippen molar-refractivity contribution in [1.82, 2.24) is 10.6 Å². The van der Waals surface area contributed by atoms with E-state index in [2.05, 4.69) is 10.6 Å². The topological polar surface area (TPSA) is 131 Å². The molecule has 2 N–H and O–H groups in total. The lowest BCUT2D eigenvalue weighted by Crippen LogP contribution is -2.50. The van der Waals surface area contributed by atoms with Crippen LogP contribution in [0.4, 0.5) is 10.5 Å². The third-order valence-electron chi connectivity index (χ3n) is 4.07. The Labute approximate surface area is 175 Å². The van der Waals surface area contributed by atoms with Gasteiger partial charge >= 0.3 is 6.09 Å². The smallest absolute Gasteiger partial charge is 0.408 e. The first-order valence-electron chi connectivity index (χ1n) is 9.27. The number of carbonyl (C=O) groups is 3. The fourth-order valence-corrected chi connectivity index (χ4v) is 3.12. The summed E-state index contributed by atoms with van der Waals surface area (Å²) >= 11 is 0. The summed E-state index contributed by atoms with van der Waals surface area (Å²) in [5.74, 6) is -0.723. The van der Waals surface area contributed by atoms with Crippen molar-refractivity contribution < 1.29 is 32.3 Å². The van der Waals surface area contributed by atoms with Crippen molar-refractivity contribution in [2.45, 2.75) is 32.4 Å². The first-order valence-corrected chi connectivity index (χ1v) is 11.3. The van der Waals surface area contributed by atoms with Gasteiger partial charge in [0.05, 0.1) is 11.4 Å². The summed E-state index contributed by atoms with van der Waals surface area (Å²) in [5, 5.41) is 5.02. The van der Waals surface area contributed by atoms with E-state index in [0.717, 1.165) is 6.26 Å². The van der Waals surface area contributed by atoms with Crippen LogP contribution in [-0.4, -0.2) is 70.2 Å². The lowest BCUT2D eigenvalue weighted by atomic mass is 10.1. The Morgan fingerprint density at radius 2 is 1.97 bits per heavy atom. The van der Waals surface area contributed by atoms with Crippen molar-refractivity contribution in [3.63, 3.8) is 0 Å². The molecule has 30 heavy (non-hydrogen) atoms. The van der Waals surface area contributed by atoms with E-state index >= 15 is 0 Å². The molecular formula is C19H27N3O7S. The van der Waals surface area contributed by atoms with Gasteiger partial charge in [-0.15, -0.1) is 0 Å². The van der Waals surface area contributed by atoms with Crippen LogP contribution in [0, 0.1) is 0 Å². The van der Waals surface area contributed by atoms with E-state index < -0.39 is 39.4 Å². The fraction of sp³-hybridized carbons (Fsp3) is 0.526. The Hall–Kier alpha value is -2.82. The number of hydrogen-bond acceptors (Lipinski definition) is 7. The zero-order chi connectivity index (χ0) is 22.7. The second-order valence-electron chi connectivity index (χ2n) is 7.98. The Balaban J connectivity index is 2.12. The number of alkyl carbamates (subject to hydrolysis) is 1. The van der Waals surface area contributed by atoms with E-state index in [4.69, 9.17) is 9.47 Å². The van der Waals surface area contributed by atoms with Crippen LogP contribution >= 0.6 is 0 Å².